The fraction of sp³-hybridized carbons (Fsp3) is 0. The maximum Gasteiger partial charge on any atom is 0.266 e. The van der Waals surface area contributed by atoms with Crippen molar-refractivity contribution < 1.29 is 14.3 Å². The summed E-state index contributed by atoms with van der Waals surface area (Å²) in [6.45, 7) is 0. The normalized spacial score (nSPS) is 10.6. The number of anilines is 2. The minimum Gasteiger partial charge on any atom is -0.457 e. The lowest BCUT2D eigenvalue weighted by Crippen LogP contribution is -2.10. The molecular formula is C32H22N4O3S2. The van der Waals surface area contributed by atoms with Crippen molar-refractivity contribution in [1.29, 1.82) is 0 Å². The smallest absolute Gasteiger partial charge is 0.266 e. The Labute approximate surface area is 244 Å². The second-order valence-electron chi connectivity index (χ2n) is 8.82. The van der Waals surface area contributed by atoms with Gasteiger partial charge < -0.3 is 15.4 Å². The van der Waals surface area contributed by atoms with Crippen LogP contribution >= 0.6 is 22.7 Å². The topological polar surface area (TPSA) is 93.2 Å². The molecule has 0 spiro atoms. The van der Waals surface area contributed by atoms with Crippen molar-refractivity contribution in [2.45, 2.75) is 0 Å². The number of nitrogens with zero attached hydrogens (tertiary/aromatic N) is 2. The quantitative estimate of drug-likeness (QED) is 0.191. The van der Waals surface area contributed by atoms with E-state index in [4.69, 9.17) is 4.74 Å². The van der Waals surface area contributed by atoms with E-state index in [-0.39, 0.29) is 11.8 Å². The molecular weight excluding hydrogens is 553 g/mol. The second-order valence-corrected chi connectivity index (χ2v) is 11.0. The molecule has 9 heteroatoms. The first-order valence-corrected chi connectivity index (χ1v) is 14.3. The molecule has 200 valence electrons. The highest BCUT2D eigenvalue weighted by atomic mass is 32.1. The van der Waals surface area contributed by atoms with Crippen molar-refractivity contribution in [2.75, 3.05) is 10.6 Å². The Bertz CT molecular complexity index is 1650. The van der Waals surface area contributed by atoms with E-state index in [1.54, 1.807) is 36.7 Å². The van der Waals surface area contributed by atoms with Gasteiger partial charge in [0.1, 0.15) is 23.1 Å². The number of ether oxygens (including phenoxy) is 1. The molecule has 2 N–H and O–H groups in total. The number of nitrogens with one attached hydrogen (secondary N) is 2. The molecule has 2 aromatic carbocycles. The maximum absolute atomic E-state index is 12.5. The predicted octanol–water partition coefficient (Wildman–Crippen LogP) is 8.23. The minimum atomic E-state index is -0.185. The number of hydrogen-bond donors (Lipinski definition) is 2. The summed E-state index contributed by atoms with van der Waals surface area (Å²) in [5.41, 5.74) is 1.99. The third-order valence-electron chi connectivity index (χ3n) is 5.99. The zero-order valence-electron chi connectivity index (χ0n) is 21.5. The predicted molar refractivity (Wildman–Crippen MR) is 164 cm³/mol. The summed E-state index contributed by atoms with van der Waals surface area (Å²) in [7, 11) is 0. The van der Waals surface area contributed by atoms with Crippen LogP contribution in [0.25, 0.3) is 20.9 Å². The summed E-state index contributed by atoms with van der Waals surface area (Å²) in [4.78, 5) is 36.6. The fourth-order valence-electron chi connectivity index (χ4n) is 3.97. The highest BCUT2D eigenvalue weighted by Gasteiger charge is 2.13. The summed E-state index contributed by atoms with van der Waals surface area (Å²) in [5, 5.41) is 5.62. The van der Waals surface area contributed by atoms with Crippen molar-refractivity contribution in [3.05, 3.63) is 131 Å². The lowest BCUT2D eigenvalue weighted by molar-refractivity contribution is 0.102. The van der Waals surface area contributed by atoms with Gasteiger partial charge in [-0.15, -0.1) is 22.7 Å². The monoisotopic (exact) mass is 574 g/mol. The van der Waals surface area contributed by atoms with Crippen molar-refractivity contribution in [2.24, 2.45) is 0 Å². The van der Waals surface area contributed by atoms with Gasteiger partial charge >= 0.3 is 0 Å². The lowest BCUT2D eigenvalue weighted by Gasteiger charge is -2.07. The molecule has 41 heavy (non-hydrogen) atoms. The van der Waals surface area contributed by atoms with Gasteiger partial charge in [0.25, 0.3) is 11.8 Å². The van der Waals surface area contributed by atoms with Crippen molar-refractivity contribution in [1.82, 2.24) is 9.97 Å². The first-order valence-electron chi connectivity index (χ1n) is 12.6. The van der Waals surface area contributed by atoms with Crippen LogP contribution in [0, 0.1) is 0 Å². The van der Waals surface area contributed by atoms with Gasteiger partial charge in [-0.3, -0.25) is 9.59 Å². The molecule has 0 unspecified atom stereocenters. The van der Waals surface area contributed by atoms with Gasteiger partial charge in [0.15, 0.2) is 0 Å². The van der Waals surface area contributed by atoms with Crippen LogP contribution in [-0.4, -0.2) is 21.8 Å². The van der Waals surface area contributed by atoms with E-state index in [2.05, 4.69) is 20.6 Å². The van der Waals surface area contributed by atoms with Crippen molar-refractivity contribution in [3.63, 3.8) is 0 Å². The second kappa shape index (κ2) is 12.0. The van der Waals surface area contributed by atoms with Gasteiger partial charge in [-0.1, -0.05) is 12.1 Å². The number of aromatic nitrogens is 2. The fourth-order valence-corrected chi connectivity index (χ4v) is 5.78. The Morgan fingerprint density at radius 1 is 0.537 bits per heavy atom. The molecule has 6 aromatic rings. The summed E-state index contributed by atoms with van der Waals surface area (Å²) in [6, 6.07) is 33.8. The zero-order chi connectivity index (χ0) is 28.0. The molecule has 0 fully saturated rings. The molecule has 7 nitrogen and oxygen atoms in total. The van der Waals surface area contributed by atoms with E-state index < -0.39 is 0 Å². The van der Waals surface area contributed by atoms with Crippen LogP contribution in [-0.2, 0) is 0 Å². The molecule has 0 aliphatic carbocycles. The standard InChI is InChI=1S/C32H22N4O3S2/c37-31(35-29-5-1-3-19-33-29)27-17-15-25(40-27)21-7-11-23(12-8-21)39-24-13-9-22(10-14-24)26-16-18-28(41-26)32(38)36-30-6-2-4-20-34-30/h1-20H,(H,33,35,37)(H,34,36,38). The molecule has 0 bridgehead atoms. The first kappa shape index (κ1) is 26.1. The molecule has 0 aliphatic heterocycles. The Morgan fingerprint density at radius 2 is 0.976 bits per heavy atom. The van der Waals surface area contributed by atoms with Gasteiger partial charge in [-0.2, -0.15) is 0 Å². The van der Waals surface area contributed by atoms with Gasteiger partial charge in [-0.25, -0.2) is 9.97 Å². The number of thiophene rings is 2. The first-order chi connectivity index (χ1) is 20.1. The molecule has 0 atom stereocenters. The average Bonchev–Trinajstić information content (AvgIpc) is 3.71. The van der Waals surface area contributed by atoms with Gasteiger partial charge in [0, 0.05) is 22.1 Å². The van der Waals surface area contributed by atoms with E-state index >= 15 is 0 Å². The molecule has 0 radical (unpaired) electrons. The lowest BCUT2D eigenvalue weighted by atomic mass is 10.1. The van der Waals surface area contributed by atoms with Crippen LogP contribution in [0.5, 0.6) is 11.5 Å². The van der Waals surface area contributed by atoms with Crippen molar-refractivity contribution >= 4 is 46.1 Å². The van der Waals surface area contributed by atoms with Gasteiger partial charge in [0.2, 0.25) is 0 Å². The van der Waals surface area contributed by atoms with Crippen LogP contribution in [0.3, 0.4) is 0 Å². The van der Waals surface area contributed by atoms with Crippen LogP contribution in [0.1, 0.15) is 19.3 Å². The zero-order valence-corrected chi connectivity index (χ0v) is 23.1. The molecule has 4 heterocycles. The molecule has 6 rings (SSSR count). The largest absolute Gasteiger partial charge is 0.457 e. The van der Waals surface area contributed by atoms with E-state index in [0.29, 0.717) is 32.9 Å². The Balaban J connectivity index is 1.06. The minimum absolute atomic E-state index is 0.185. The van der Waals surface area contributed by atoms with Crippen LogP contribution in [0.15, 0.2) is 122 Å². The molecule has 0 saturated heterocycles. The molecule has 2 amide bonds. The Hall–Kier alpha value is -5.12. The summed E-state index contributed by atoms with van der Waals surface area (Å²) < 4.78 is 6.04. The summed E-state index contributed by atoms with van der Waals surface area (Å²) in [5.74, 6) is 2.08. The van der Waals surface area contributed by atoms with Crippen LogP contribution < -0.4 is 15.4 Å². The summed E-state index contributed by atoms with van der Waals surface area (Å²) >= 11 is 2.84. The number of carbonyl (C=O) groups excluding carboxylic acids is 2. The van der Waals surface area contributed by atoms with Crippen molar-refractivity contribution in [3.8, 4) is 32.4 Å². The Morgan fingerprint density at radius 3 is 1.37 bits per heavy atom. The highest BCUT2D eigenvalue weighted by molar-refractivity contribution is 7.17. The summed E-state index contributed by atoms with van der Waals surface area (Å²) in [6.07, 6.45) is 3.28. The van der Waals surface area contributed by atoms with Gasteiger partial charge in [0.05, 0.1) is 9.75 Å². The molecule has 0 saturated carbocycles. The highest BCUT2D eigenvalue weighted by Crippen LogP contribution is 2.33. The number of rotatable bonds is 8. The number of pyridine rings is 2. The number of carbonyl (C=O) groups is 2. The molecule has 4 aromatic heterocycles. The van der Waals surface area contributed by atoms with E-state index in [0.717, 1.165) is 20.9 Å². The van der Waals surface area contributed by atoms with E-state index in [9.17, 15) is 9.59 Å². The van der Waals surface area contributed by atoms with Crippen LogP contribution in [0.2, 0.25) is 0 Å². The van der Waals surface area contributed by atoms with Gasteiger partial charge in [-0.05, 0) is 108 Å². The third kappa shape index (κ3) is 6.38. The number of hydrogen-bond acceptors (Lipinski definition) is 7. The van der Waals surface area contributed by atoms with Crippen LogP contribution in [0.4, 0.5) is 11.6 Å². The molecule has 0 aliphatic rings. The third-order valence-corrected chi connectivity index (χ3v) is 8.25. The van der Waals surface area contributed by atoms with E-state index in [1.807, 2.05) is 84.9 Å². The number of amides is 2. The SMILES string of the molecule is O=C(Nc1ccccn1)c1ccc(-c2ccc(Oc3ccc(-c4ccc(C(=O)Nc5ccccn5)s4)cc3)cc2)s1. The number of benzene rings is 2. The Kier molecular flexibility index (Phi) is 7.61. The maximum atomic E-state index is 12.5. The average molecular weight is 575 g/mol. The van der Waals surface area contributed by atoms with E-state index in [1.165, 1.54) is 22.7 Å².